The Morgan fingerprint density at radius 1 is 1.00 bits per heavy atom. The van der Waals surface area contributed by atoms with Crippen LogP contribution in [0, 0.1) is 0 Å². The molecule has 2 rings (SSSR count). The molecule has 2 aromatic carbocycles. The molecule has 4 heteroatoms. The molecule has 0 aliphatic rings. The lowest BCUT2D eigenvalue weighted by Crippen LogP contribution is -1.85. The Kier molecular flexibility index (Phi) is 3.74. The number of ether oxygens (including phenoxy) is 1. The van der Waals surface area contributed by atoms with Gasteiger partial charge in [0.15, 0.2) is 0 Å². The fourth-order valence-corrected chi connectivity index (χ4v) is 1.93. The van der Waals surface area contributed by atoms with Gasteiger partial charge in [-0.25, -0.2) is 0 Å². The molecule has 0 heterocycles. The minimum atomic E-state index is 0.421. The van der Waals surface area contributed by atoms with Gasteiger partial charge >= 0.3 is 0 Å². The van der Waals surface area contributed by atoms with Gasteiger partial charge in [-0.3, -0.25) is 0 Å². The van der Waals surface area contributed by atoms with E-state index in [1.807, 2.05) is 24.3 Å². The molecule has 1 nitrogen and oxygen atoms in total. The lowest BCUT2D eigenvalue weighted by Gasteiger charge is -2.08. The van der Waals surface area contributed by atoms with Crippen molar-refractivity contribution in [2.75, 3.05) is 0 Å². The molecule has 0 fully saturated rings. The molecule has 0 bridgehead atoms. The van der Waals surface area contributed by atoms with Crippen molar-refractivity contribution < 1.29 is 4.74 Å². The highest BCUT2D eigenvalue weighted by molar-refractivity contribution is 9.10. The van der Waals surface area contributed by atoms with E-state index in [2.05, 4.69) is 15.9 Å². The van der Waals surface area contributed by atoms with Crippen LogP contribution in [0.1, 0.15) is 0 Å². The molecule has 0 atom stereocenters. The van der Waals surface area contributed by atoms with Crippen molar-refractivity contribution in [2.45, 2.75) is 0 Å². The molecule has 0 aliphatic heterocycles. The van der Waals surface area contributed by atoms with Crippen LogP contribution in [0.2, 0.25) is 10.0 Å². The molecule has 0 aliphatic carbocycles. The van der Waals surface area contributed by atoms with Crippen LogP contribution < -0.4 is 4.74 Å². The average Bonchev–Trinajstić information content (AvgIpc) is 2.25. The Balaban J connectivity index is 2.31. The summed E-state index contributed by atoms with van der Waals surface area (Å²) >= 11 is 15.3. The van der Waals surface area contributed by atoms with Crippen molar-refractivity contribution in [2.24, 2.45) is 0 Å². The van der Waals surface area contributed by atoms with E-state index in [-0.39, 0.29) is 0 Å². The van der Waals surface area contributed by atoms with Gasteiger partial charge in [-0.15, -0.1) is 0 Å². The van der Waals surface area contributed by atoms with Crippen LogP contribution in [-0.4, -0.2) is 0 Å². The zero-order chi connectivity index (χ0) is 11.5. The zero-order valence-corrected chi connectivity index (χ0v) is 11.2. The number of halogens is 3. The van der Waals surface area contributed by atoms with Crippen LogP contribution >= 0.6 is 39.1 Å². The third-order valence-corrected chi connectivity index (χ3v) is 3.23. The normalized spacial score (nSPS) is 10.2. The largest absolute Gasteiger partial charge is 0.456 e. The highest BCUT2D eigenvalue weighted by Crippen LogP contribution is 2.34. The quantitative estimate of drug-likeness (QED) is 0.705. The van der Waals surface area contributed by atoms with Crippen molar-refractivity contribution in [3.63, 3.8) is 0 Å². The summed E-state index contributed by atoms with van der Waals surface area (Å²) in [5.74, 6) is 1.26. The molecular formula is C12H7BrCl2O. The van der Waals surface area contributed by atoms with Crippen molar-refractivity contribution >= 4 is 39.1 Å². The number of hydrogen-bond donors (Lipinski definition) is 0. The van der Waals surface area contributed by atoms with Gasteiger partial charge in [-0.05, 0) is 30.3 Å². The van der Waals surface area contributed by atoms with Crippen LogP contribution in [0.5, 0.6) is 11.5 Å². The molecule has 0 saturated carbocycles. The first-order valence-electron chi connectivity index (χ1n) is 4.54. The molecule has 0 unspecified atom stereocenters. The van der Waals surface area contributed by atoms with E-state index < -0.39 is 0 Å². The third kappa shape index (κ3) is 2.70. The molecule has 0 amide bonds. The molecule has 0 aromatic heterocycles. The summed E-state index contributed by atoms with van der Waals surface area (Å²) in [5.41, 5.74) is 0. The van der Waals surface area contributed by atoms with Gasteiger partial charge in [-0.2, -0.15) is 0 Å². The van der Waals surface area contributed by atoms with Crippen molar-refractivity contribution in [3.05, 3.63) is 57.0 Å². The molecule has 82 valence electrons. The summed E-state index contributed by atoms with van der Waals surface area (Å²) in [6, 6.07) is 12.8. The summed E-state index contributed by atoms with van der Waals surface area (Å²) in [7, 11) is 0. The summed E-state index contributed by atoms with van der Waals surface area (Å²) in [5, 5.41) is 0.901. The first-order chi connectivity index (χ1) is 7.66. The van der Waals surface area contributed by atoms with Crippen molar-refractivity contribution in [1.82, 2.24) is 0 Å². The van der Waals surface area contributed by atoms with Gasteiger partial charge in [0, 0.05) is 4.47 Å². The van der Waals surface area contributed by atoms with E-state index in [9.17, 15) is 0 Å². The van der Waals surface area contributed by atoms with Gasteiger partial charge in [-0.1, -0.05) is 51.3 Å². The van der Waals surface area contributed by atoms with E-state index >= 15 is 0 Å². The molecule has 0 saturated heterocycles. The van der Waals surface area contributed by atoms with E-state index in [1.54, 1.807) is 18.2 Å². The monoisotopic (exact) mass is 316 g/mol. The topological polar surface area (TPSA) is 9.23 Å². The van der Waals surface area contributed by atoms with Gasteiger partial charge in [0.25, 0.3) is 0 Å². The second-order valence-electron chi connectivity index (χ2n) is 3.11. The van der Waals surface area contributed by atoms with E-state index in [0.29, 0.717) is 21.5 Å². The molecule has 0 spiro atoms. The maximum atomic E-state index is 6.01. The lowest BCUT2D eigenvalue weighted by atomic mass is 10.3. The summed E-state index contributed by atoms with van der Waals surface area (Å²) in [6.45, 7) is 0. The summed E-state index contributed by atoms with van der Waals surface area (Å²) in [4.78, 5) is 0. The highest BCUT2D eigenvalue weighted by Gasteiger charge is 2.06. The highest BCUT2D eigenvalue weighted by atomic mass is 79.9. The Morgan fingerprint density at radius 3 is 2.50 bits per heavy atom. The van der Waals surface area contributed by atoms with Gasteiger partial charge < -0.3 is 4.74 Å². The summed E-state index contributed by atoms with van der Waals surface area (Å²) in [6.07, 6.45) is 0. The number of benzene rings is 2. The number of rotatable bonds is 2. The zero-order valence-electron chi connectivity index (χ0n) is 8.08. The molecule has 2 aromatic rings. The third-order valence-electron chi connectivity index (χ3n) is 1.94. The van der Waals surface area contributed by atoms with Gasteiger partial charge in [0.1, 0.15) is 16.5 Å². The fraction of sp³-hybridized carbons (Fsp3) is 0. The maximum Gasteiger partial charge on any atom is 0.147 e. The summed E-state index contributed by atoms with van der Waals surface area (Å²) < 4.78 is 6.57. The Labute approximate surface area is 112 Å². The second-order valence-corrected chi connectivity index (χ2v) is 4.81. The lowest BCUT2D eigenvalue weighted by molar-refractivity contribution is 0.482. The Hall–Kier alpha value is -0.700. The first-order valence-corrected chi connectivity index (χ1v) is 6.09. The van der Waals surface area contributed by atoms with E-state index in [1.165, 1.54) is 0 Å². The smallest absolute Gasteiger partial charge is 0.147 e. The van der Waals surface area contributed by atoms with Gasteiger partial charge in [0.05, 0.1) is 5.02 Å². The minimum absolute atomic E-state index is 0.421. The van der Waals surface area contributed by atoms with E-state index in [4.69, 9.17) is 27.9 Å². The predicted molar refractivity (Wildman–Crippen MR) is 70.7 cm³/mol. The second kappa shape index (κ2) is 5.09. The Morgan fingerprint density at radius 2 is 1.75 bits per heavy atom. The van der Waals surface area contributed by atoms with Crippen molar-refractivity contribution in [3.8, 4) is 11.5 Å². The van der Waals surface area contributed by atoms with Crippen LogP contribution in [0.15, 0.2) is 46.9 Å². The van der Waals surface area contributed by atoms with Crippen molar-refractivity contribution in [1.29, 1.82) is 0 Å². The van der Waals surface area contributed by atoms with E-state index in [0.717, 1.165) is 4.47 Å². The molecular weight excluding hydrogens is 311 g/mol. The SMILES string of the molecule is Clc1cccc(Oc2cccc(Br)c2)c1Cl. The molecule has 0 radical (unpaired) electrons. The standard InChI is InChI=1S/C12H7BrCl2O/c13-8-3-1-4-9(7-8)16-11-6-2-5-10(14)12(11)15/h1-7H. The van der Waals surface area contributed by atoms with Crippen LogP contribution in [0.4, 0.5) is 0 Å². The molecule has 16 heavy (non-hydrogen) atoms. The molecule has 0 N–H and O–H groups in total. The fourth-order valence-electron chi connectivity index (χ4n) is 1.22. The first kappa shape index (κ1) is 11.8. The minimum Gasteiger partial charge on any atom is -0.456 e. The maximum absolute atomic E-state index is 6.01. The number of hydrogen-bond acceptors (Lipinski definition) is 1. The van der Waals surface area contributed by atoms with Crippen LogP contribution in [0.25, 0.3) is 0 Å². The average molecular weight is 318 g/mol. The van der Waals surface area contributed by atoms with Crippen LogP contribution in [0.3, 0.4) is 0 Å². The van der Waals surface area contributed by atoms with Crippen LogP contribution in [-0.2, 0) is 0 Å². The van der Waals surface area contributed by atoms with Gasteiger partial charge in [0.2, 0.25) is 0 Å². The Bertz CT molecular complexity index is 514. The predicted octanol–water partition coefficient (Wildman–Crippen LogP) is 5.55.